The highest BCUT2D eigenvalue weighted by Gasteiger charge is 2.14. The highest BCUT2D eigenvalue weighted by Crippen LogP contribution is 2.15. The average Bonchev–Trinajstić information content (AvgIpc) is 2.27. The fourth-order valence-corrected chi connectivity index (χ4v) is 1.44. The van der Waals surface area contributed by atoms with Crippen LogP contribution in [0.15, 0.2) is 24.3 Å². The Hall–Kier alpha value is -2.57. The number of benzene rings is 1. The van der Waals surface area contributed by atoms with E-state index in [1.807, 2.05) is 5.32 Å². The van der Waals surface area contributed by atoms with Crippen LogP contribution in [0.5, 0.6) is 0 Å². The second-order valence-corrected chi connectivity index (χ2v) is 3.98. The quantitative estimate of drug-likeness (QED) is 0.639. The Kier molecular flexibility index (Phi) is 4.87. The third-order valence-electron chi connectivity index (χ3n) is 2.21. The largest absolute Gasteiger partial charge is 0.374 e. The maximum Gasteiger partial charge on any atom is 0.318 e. The highest BCUT2D eigenvalue weighted by molar-refractivity contribution is 5.97. The molecule has 0 aromatic heterocycles. The van der Waals surface area contributed by atoms with Crippen molar-refractivity contribution >= 4 is 29.2 Å². The van der Waals surface area contributed by atoms with Gasteiger partial charge in [-0.15, -0.1) is 0 Å². The van der Waals surface area contributed by atoms with Gasteiger partial charge in [0.2, 0.25) is 11.8 Å². The van der Waals surface area contributed by atoms with E-state index in [1.54, 1.807) is 31.2 Å². The molecule has 0 heterocycles. The molecule has 1 unspecified atom stereocenters. The first-order chi connectivity index (χ1) is 8.88. The molecule has 0 fully saturated rings. The molecule has 0 saturated carbocycles. The minimum Gasteiger partial charge on any atom is -0.374 e. The second kappa shape index (κ2) is 6.39. The lowest BCUT2D eigenvalue weighted by atomic mass is 10.2. The van der Waals surface area contributed by atoms with Crippen molar-refractivity contribution in [2.24, 2.45) is 5.73 Å². The van der Waals surface area contributed by atoms with Gasteiger partial charge in [-0.25, -0.2) is 4.79 Å². The van der Waals surface area contributed by atoms with E-state index in [1.165, 1.54) is 6.92 Å². The van der Waals surface area contributed by atoms with E-state index in [4.69, 9.17) is 5.73 Å². The smallest absolute Gasteiger partial charge is 0.318 e. The molecule has 1 aromatic carbocycles. The van der Waals surface area contributed by atoms with Gasteiger partial charge in [-0.3, -0.25) is 14.9 Å². The van der Waals surface area contributed by atoms with Crippen LogP contribution in [0.4, 0.5) is 16.2 Å². The predicted octanol–water partition coefficient (Wildman–Crippen LogP) is 0.640. The van der Waals surface area contributed by atoms with Crippen molar-refractivity contribution in [3.8, 4) is 0 Å². The Balaban J connectivity index is 2.68. The summed E-state index contributed by atoms with van der Waals surface area (Å²) in [4.78, 5) is 33.0. The van der Waals surface area contributed by atoms with Crippen LogP contribution < -0.4 is 21.7 Å². The molecule has 1 atom stereocenters. The minimum atomic E-state index is -0.898. The van der Waals surface area contributed by atoms with Crippen LogP contribution in [0.1, 0.15) is 13.8 Å². The zero-order valence-electron chi connectivity index (χ0n) is 10.7. The van der Waals surface area contributed by atoms with Gasteiger partial charge in [-0.2, -0.15) is 0 Å². The number of nitrogens with two attached hydrogens (primary N) is 1. The third-order valence-corrected chi connectivity index (χ3v) is 2.21. The first-order valence-corrected chi connectivity index (χ1v) is 5.63. The molecule has 5 N–H and O–H groups in total. The van der Waals surface area contributed by atoms with Crippen LogP contribution in [-0.2, 0) is 9.59 Å². The Morgan fingerprint density at radius 3 is 2.42 bits per heavy atom. The van der Waals surface area contributed by atoms with Crippen molar-refractivity contribution in [2.45, 2.75) is 19.9 Å². The van der Waals surface area contributed by atoms with Gasteiger partial charge in [-0.1, -0.05) is 6.07 Å². The standard InChI is InChI=1S/C12H16N4O3/c1-7(11(18)16-12(13)19)14-9-4-3-5-10(6-9)15-8(2)17/h3-7,14H,1-2H3,(H,15,17)(H3,13,16,18,19). The Morgan fingerprint density at radius 1 is 1.21 bits per heavy atom. The maximum atomic E-state index is 11.5. The van der Waals surface area contributed by atoms with Gasteiger partial charge in [-0.05, 0) is 25.1 Å². The molecular weight excluding hydrogens is 248 g/mol. The lowest BCUT2D eigenvalue weighted by Gasteiger charge is -2.14. The van der Waals surface area contributed by atoms with Gasteiger partial charge in [0, 0.05) is 18.3 Å². The number of rotatable bonds is 4. The fourth-order valence-electron chi connectivity index (χ4n) is 1.44. The fraction of sp³-hybridized carbons (Fsp3) is 0.250. The summed E-state index contributed by atoms with van der Waals surface area (Å²) in [6.45, 7) is 2.99. The highest BCUT2D eigenvalue weighted by atomic mass is 16.2. The zero-order valence-corrected chi connectivity index (χ0v) is 10.7. The molecule has 4 amide bonds. The second-order valence-electron chi connectivity index (χ2n) is 3.98. The number of carbonyl (C=O) groups is 3. The number of imide groups is 1. The first-order valence-electron chi connectivity index (χ1n) is 5.63. The summed E-state index contributed by atoms with van der Waals surface area (Å²) in [5.74, 6) is -0.714. The Labute approximate surface area is 110 Å². The van der Waals surface area contributed by atoms with Gasteiger partial charge in [0.25, 0.3) is 0 Å². The lowest BCUT2D eigenvalue weighted by molar-refractivity contribution is -0.120. The van der Waals surface area contributed by atoms with Crippen molar-refractivity contribution in [3.63, 3.8) is 0 Å². The summed E-state index contributed by atoms with van der Waals surface area (Å²) >= 11 is 0. The van der Waals surface area contributed by atoms with E-state index in [2.05, 4.69) is 10.6 Å². The van der Waals surface area contributed by atoms with Gasteiger partial charge >= 0.3 is 6.03 Å². The zero-order chi connectivity index (χ0) is 14.4. The van der Waals surface area contributed by atoms with E-state index in [0.717, 1.165) is 0 Å². The number of hydrogen-bond acceptors (Lipinski definition) is 4. The topological polar surface area (TPSA) is 113 Å². The average molecular weight is 264 g/mol. The summed E-state index contributed by atoms with van der Waals surface area (Å²) in [7, 11) is 0. The molecular formula is C12H16N4O3. The Bertz CT molecular complexity index is 502. The molecule has 1 rings (SSSR count). The van der Waals surface area contributed by atoms with Crippen molar-refractivity contribution in [1.29, 1.82) is 0 Å². The molecule has 0 bridgehead atoms. The van der Waals surface area contributed by atoms with Gasteiger partial charge in [0.1, 0.15) is 6.04 Å². The van der Waals surface area contributed by atoms with E-state index >= 15 is 0 Å². The molecule has 0 spiro atoms. The number of anilines is 2. The minimum absolute atomic E-state index is 0.184. The lowest BCUT2D eigenvalue weighted by Crippen LogP contribution is -2.43. The third kappa shape index (κ3) is 5.07. The van der Waals surface area contributed by atoms with Gasteiger partial charge in [0.05, 0.1) is 0 Å². The summed E-state index contributed by atoms with van der Waals surface area (Å²) in [5.41, 5.74) is 6.11. The molecule has 0 saturated heterocycles. The van der Waals surface area contributed by atoms with Crippen molar-refractivity contribution in [2.75, 3.05) is 10.6 Å². The van der Waals surface area contributed by atoms with Crippen LogP contribution in [0.3, 0.4) is 0 Å². The molecule has 7 heteroatoms. The monoisotopic (exact) mass is 264 g/mol. The number of hydrogen-bond donors (Lipinski definition) is 4. The number of amides is 4. The molecule has 7 nitrogen and oxygen atoms in total. The van der Waals surface area contributed by atoms with Crippen LogP contribution in [-0.4, -0.2) is 23.9 Å². The SMILES string of the molecule is CC(=O)Nc1cccc(NC(C)C(=O)NC(N)=O)c1. The van der Waals surface area contributed by atoms with E-state index in [0.29, 0.717) is 11.4 Å². The summed E-state index contributed by atoms with van der Waals surface area (Å²) in [5, 5.41) is 7.49. The number of carbonyl (C=O) groups excluding carboxylic acids is 3. The maximum absolute atomic E-state index is 11.5. The van der Waals surface area contributed by atoms with Crippen molar-refractivity contribution in [1.82, 2.24) is 5.32 Å². The summed E-state index contributed by atoms with van der Waals surface area (Å²) < 4.78 is 0. The number of urea groups is 1. The summed E-state index contributed by atoms with van der Waals surface area (Å²) in [6, 6.07) is 5.33. The molecule has 1 aromatic rings. The van der Waals surface area contributed by atoms with Gasteiger partial charge < -0.3 is 16.4 Å². The summed E-state index contributed by atoms with van der Waals surface area (Å²) in [6.07, 6.45) is 0. The van der Waals surface area contributed by atoms with Crippen LogP contribution in [0.2, 0.25) is 0 Å². The molecule has 0 aliphatic carbocycles. The van der Waals surface area contributed by atoms with E-state index < -0.39 is 18.0 Å². The molecule has 19 heavy (non-hydrogen) atoms. The number of primary amides is 1. The van der Waals surface area contributed by atoms with E-state index in [9.17, 15) is 14.4 Å². The molecule has 0 aliphatic rings. The van der Waals surface area contributed by atoms with Gasteiger partial charge in [0.15, 0.2) is 0 Å². The van der Waals surface area contributed by atoms with Crippen LogP contribution >= 0.6 is 0 Å². The predicted molar refractivity (Wildman–Crippen MR) is 71.6 cm³/mol. The Morgan fingerprint density at radius 2 is 1.84 bits per heavy atom. The van der Waals surface area contributed by atoms with E-state index in [-0.39, 0.29) is 5.91 Å². The molecule has 0 radical (unpaired) electrons. The first kappa shape index (κ1) is 14.5. The molecule has 0 aliphatic heterocycles. The number of nitrogens with one attached hydrogen (secondary N) is 3. The molecule has 102 valence electrons. The van der Waals surface area contributed by atoms with Crippen molar-refractivity contribution < 1.29 is 14.4 Å². The van der Waals surface area contributed by atoms with Crippen molar-refractivity contribution in [3.05, 3.63) is 24.3 Å². The van der Waals surface area contributed by atoms with Crippen LogP contribution in [0.25, 0.3) is 0 Å². The normalized spacial score (nSPS) is 11.3. The van der Waals surface area contributed by atoms with Crippen LogP contribution in [0, 0.1) is 0 Å².